The summed E-state index contributed by atoms with van der Waals surface area (Å²) in [7, 11) is 0. The van der Waals surface area contributed by atoms with Crippen LogP contribution >= 0.6 is 0 Å². The molecule has 0 atom stereocenters. The zero-order valence-corrected chi connectivity index (χ0v) is 6.93. The van der Waals surface area contributed by atoms with Gasteiger partial charge in [0.05, 0.1) is 11.8 Å². The summed E-state index contributed by atoms with van der Waals surface area (Å²) in [6, 6.07) is 1.77. The number of hydrogen-bond acceptors (Lipinski definition) is 5. The Bertz CT molecular complexity index is 366. The number of hydrogen-bond donors (Lipinski definition) is 1. The van der Waals surface area contributed by atoms with Crippen LogP contribution in [0.4, 0.5) is 0 Å². The molecule has 2 aromatic heterocycles. The lowest BCUT2D eigenvalue weighted by molar-refractivity contribution is 0.380. The number of nitrogens with two attached hydrogens (primary N) is 1. The number of nitrogens with zero attached hydrogens (tertiary/aromatic N) is 2. The Hall–Kier alpha value is -1.62. The predicted octanol–water partition coefficient (Wildman–Crippen LogP) is 0.831. The van der Waals surface area contributed by atoms with Crippen molar-refractivity contribution in [2.45, 2.75) is 6.42 Å². The monoisotopic (exact) mass is 179 g/mol. The van der Waals surface area contributed by atoms with Gasteiger partial charge in [-0.25, -0.2) is 0 Å². The molecule has 68 valence electrons. The van der Waals surface area contributed by atoms with Gasteiger partial charge in [0, 0.05) is 13.0 Å². The van der Waals surface area contributed by atoms with Crippen molar-refractivity contribution >= 4 is 0 Å². The summed E-state index contributed by atoms with van der Waals surface area (Å²) in [6.07, 6.45) is 3.73. The van der Waals surface area contributed by atoms with E-state index in [0.29, 0.717) is 24.7 Å². The van der Waals surface area contributed by atoms with E-state index in [4.69, 9.17) is 14.7 Å². The lowest BCUT2D eigenvalue weighted by Gasteiger charge is -1.84. The Labute approximate surface area is 74.5 Å². The standard InChI is InChI=1S/C8H9N3O2/c9-3-1-7-10-8(11-13-7)6-2-4-12-5-6/h2,4-5H,1,3,9H2. The molecule has 2 aromatic rings. The minimum atomic E-state index is 0.507. The quantitative estimate of drug-likeness (QED) is 0.755. The molecule has 0 bridgehead atoms. The lowest BCUT2D eigenvalue weighted by atomic mass is 10.3. The largest absolute Gasteiger partial charge is 0.472 e. The van der Waals surface area contributed by atoms with Crippen LogP contribution in [-0.2, 0) is 6.42 Å². The van der Waals surface area contributed by atoms with Gasteiger partial charge in [0.1, 0.15) is 6.26 Å². The molecular weight excluding hydrogens is 170 g/mol. The van der Waals surface area contributed by atoms with Gasteiger partial charge in [-0.1, -0.05) is 5.16 Å². The second-order valence-electron chi connectivity index (χ2n) is 2.56. The average Bonchev–Trinajstić information content (AvgIpc) is 2.70. The van der Waals surface area contributed by atoms with Gasteiger partial charge in [-0.05, 0) is 6.07 Å². The summed E-state index contributed by atoms with van der Waals surface area (Å²) in [5, 5.41) is 3.78. The highest BCUT2D eigenvalue weighted by Gasteiger charge is 2.07. The van der Waals surface area contributed by atoms with Gasteiger partial charge in [-0.15, -0.1) is 0 Å². The maximum atomic E-state index is 5.34. The highest BCUT2D eigenvalue weighted by molar-refractivity contribution is 5.51. The number of furan rings is 1. The molecule has 0 amide bonds. The fourth-order valence-corrected chi connectivity index (χ4v) is 0.989. The Balaban J connectivity index is 2.23. The fourth-order valence-electron chi connectivity index (χ4n) is 0.989. The molecule has 2 rings (SSSR count). The molecule has 5 nitrogen and oxygen atoms in total. The maximum absolute atomic E-state index is 5.34. The number of rotatable bonds is 3. The van der Waals surface area contributed by atoms with E-state index >= 15 is 0 Å². The van der Waals surface area contributed by atoms with E-state index < -0.39 is 0 Å². The molecule has 13 heavy (non-hydrogen) atoms. The van der Waals surface area contributed by atoms with Gasteiger partial charge in [-0.2, -0.15) is 4.98 Å². The molecule has 0 aliphatic heterocycles. The van der Waals surface area contributed by atoms with Crippen LogP contribution in [0.25, 0.3) is 11.4 Å². The molecule has 0 saturated carbocycles. The number of aromatic nitrogens is 2. The molecule has 0 radical (unpaired) electrons. The van der Waals surface area contributed by atoms with Gasteiger partial charge >= 0.3 is 0 Å². The van der Waals surface area contributed by atoms with Crippen LogP contribution in [0.2, 0.25) is 0 Å². The second-order valence-corrected chi connectivity index (χ2v) is 2.56. The van der Waals surface area contributed by atoms with Crippen molar-refractivity contribution in [1.29, 1.82) is 0 Å². The molecule has 0 aromatic carbocycles. The van der Waals surface area contributed by atoms with Crippen LogP contribution in [0, 0.1) is 0 Å². The van der Waals surface area contributed by atoms with Gasteiger partial charge in [0.2, 0.25) is 11.7 Å². The third-order valence-corrected chi connectivity index (χ3v) is 1.61. The molecule has 0 spiro atoms. The maximum Gasteiger partial charge on any atom is 0.228 e. The fraction of sp³-hybridized carbons (Fsp3) is 0.250. The van der Waals surface area contributed by atoms with Gasteiger partial charge in [-0.3, -0.25) is 0 Å². The zero-order chi connectivity index (χ0) is 9.10. The van der Waals surface area contributed by atoms with Crippen molar-refractivity contribution in [3.8, 4) is 11.4 Å². The van der Waals surface area contributed by atoms with Gasteiger partial charge in [0.15, 0.2) is 0 Å². The smallest absolute Gasteiger partial charge is 0.228 e. The average molecular weight is 179 g/mol. The first-order valence-corrected chi connectivity index (χ1v) is 3.95. The van der Waals surface area contributed by atoms with Crippen LogP contribution < -0.4 is 5.73 Å². The molecule has 2 heterocycles. The molecule has 0 aliphatic carbocycles. The van der Waals surface area contributed by atoms with Crippen molar-refractivity contribution < 1.29 is 8.94 Å². The predicted molar refractivity (Wildman–Crippen MR) is 44.8 cm³/mol. The van der Waals surface area contributed by atoms with Crippen molar-refractivity contribution in [1.82, 2.24) is 10.1 Å². The van der Waals surface area contributed by atoms with Crippen LogP contribution in [0.3, 0.4) is 0 Å². The van der Waals surface area contributed by atoms with Gasteiger partial charge < -0.3 is 14.7 Å². The van der Waals surface area contributed by atoms with Crippen LogP contribution in [0.5, 0.6) is 0 Å². The topological polar surface area (TPSA) is 78.1 Å². The highest BCUT2D eigenvalue weighted by atomic mass is 16.5. The Morgan fingerprint density at radius 2 is 2.38 bits per heavy atom. The first kappa shape index (κ1) is 8.00. The molecular formula is C8H9N3O2. The molecule has 0 unspecified atom stereocenters. The Morgan fingerprint density at radius 1 is 1.46 bits per heavy atom. The van der Waals surface area contributed by atoms with E-state index in [1.807, 2.05) is 0 Å². The molecule has 0 aliphatic rings. The lowest BCUT2D eigenvalue weighted by Crippen LogP contribution is -2.02. The first-order valence-electron chi connectivity index (χ1n) is 3.95. The third-order valence-electron chi connectivity index (χ3n) is 1.61. The normalized spacial score (nSPS) is 10.5. The molecule has 5 heteroatoms. The molecule has 2 N–H and O–H groups in total. The van der Waals surface area contributed by atoms with Crippen LogP contribution in [0.1, 0.15) is 5.89 Å². The van der Waals surface area contributed by atoms with Crippen LogP contribution in [0.15, 0.2) is 27.5 Å². The van der Waals surface area contributed by atoms with E-state index in [0.717, 1.165) is 5.56 Å². The van der Waals surface area contributed by atoms with Crippen LogP contribution in [-0.4, -0.2) is 16.7 Å². The summed E-state index contributed by atoms with van der Waals surface area (Å²) in [4.78, 5) is 4.12. The van der Waals surface area contributed by atoms with E-state index in [9.17, 15) is 0 Å². The van der Waals surface area contributed by atoms with Crippen molar-refractivity contribution in [2.24, 2.45) is 5.73 Å². The minimum absolute atomic E-state index is 0.507. The molecule has 0 fully saturated rings. The van der Waals surface area contributed by atoms with E-state index in [-0.39, 0.29) is 0 Å². The van der Waals surface area contributed by atoms with E-state index in [1.54, 1.807) is 18.6 Å². The van der Waals surface area contributed by atoms with Gasteiger partial charge in [0.25, 0.3) is 0 Å². The summed E-state index contributed by atoms with van der Waals surface area (Å²) in [6.45, 7) is 0.507. The minimum Gasteiger partial charge on any atom is -0.472 e. The summed E-state index contributed by atoms with van der Waals surface area (Å²) >= 11 is 0. The Morgan fingerprint density at radius 3 is 3.08 bits per heavy atom. The van der Waals surface area contributed by atoms with E-state index in [2.05, 4.69) is 10.1 Å². The van der Waals surface area contributed by atoms with Crippen molar-refractivity contribution in [3.05, 3.63) is 24.5 Å². The first-order chi connectivity index (χ1) is 6.40. The SMILES string of the molecule is NCCc1nc(-c2ccoc2)no1. The van der Waals surface area contributed by atoms with E-state index in [1.165, 1.54) is 0 Å². The van der Waals surface area contributed by atoms with Crippen molar-refractivity contribution in [2.75, 3.05) is 6.54 Å². The summed E-state index contributed by atoms with van der Waals surface area (Å²) < 4.78 is 9.84. The second kappa shape index (κ2) is 3.40. The zero-order valence-electron chi connectivity index (χ0n) is 6.93. The molecule has 0 saturated heterocycles. The third kappa shape index (κ3) is 1.59. The summed E-state index contributed by atoms with van der Waals surface area (Å²) in [5.74, 6) is 1.09. The Kier molecular flexibility index (Phi) is 2.09. The highest BCUT2D eigenvalue weighted by Crippen LogP contribution is 2.15. The van der Waals surface area contributed by atoms with Crippen molar-refractivity contribution in [3.63, 3.8) is 0 Å². The summed E-state index contributed by atoms with van der Waals surface area (Å²) in [5.41, 5.74) is 6.15.